The molecular formula is C28H35FN6O3S. The Kier molecular flexibility index (Phi) is 6.41. The number of sulfone groups is 1. The summed E-state index contributed by atoms with van der Waals surface area (Å²) >= 11 is 0. The topological polar surface area (TPSA) is 112 Å². The van der Waals surface area contributed by atoms with Crippen LogP contribution in [0.2, 0.25) is 0 Å². The summed E-state index contributed by atoms with van der Waals surface area (Å²) in [5.41, 5.74) is 2.46. The Morgan fingerprint density at radius 3 is 2.56 bits per heavy atom. The van der Waals surface area contributed by atoms with E-state index in [1.807, 2.05) is 12.3 Å². The third kappa shape index (κ3) is 4.91. The van der Waals surface area contributed by atoms with Crippen molar-refractivity contribution < 1.29 is 17.9 Å². The van der Waals surface area contributed by atoms with Crippen LogP contribution in [0.5, 0.6) is 0 Å². The van der Waals surface area contributed by atoms with E-state index >= 15 is 0 Å². The number of fused-ring (bicyclic) bond motifs is 1. The summed E-state index contributed by atoms with van der Waals surface area (Å²) in [6.45, 7) is 6.63. The number of piperidine rings is 1. The number of nitrogens with one attached hydrogen (secondary N) is 1. The van der Waals surface area contributed by atoms with Crippen molar-refractivity contribution in [3.63, 3.8) is 0 Å². The van der Waals surface area contributed by atoms with Gasteiger partial charge in [-0.1, -0.05) is 19.9 Å². The summed E-state index contributed by atoms with van der Waals surface area (Å²) < 4.78 is 37.8. The smallest absolute Gasteiger partial charge is 0.227 e. The highest BCUT2D eigenvalue weighted by Gasteiger charge is 2.55. The van der Waals surface area contributed by atoms with Crippen LogP contribution in [-0.4, -0.2) is 78.4 Å². The van der Waals surface area contributed by atoms with Crippen LogP contribution >= 0.6 is 0 Å². The van der Waals surface area contributed by atoms with E-state index in [0.717, 1.165) is 42.4 Å². The Bertz CT molecular complexity index is 1500. The van der Waals surface area contributed by atoms with Gasteiger partial charge in [0.15, 0.2) is 0 Å². The molecule has 3 fully saturated rings. The molecule has 39 heavy (non-hydrogen) atoms. The number of halogens is 1. The van der Waals surface area contributed by atoms with Gasteiger partial charge in [-0.05, 0) is 54.3 Å². The van der Waals surface area contributed by atoms with Crippen molar-refractivity contribution in [3.8, 4) is 0 Å². The average Bonchev–Trinajstić information content (AvgIpc) is 2.83. The monoisotopic (exact) mass is 554 g/mol. The molecule has 1 saturated carbocycles. The summed E-state index contributed by atoms with van der Waals surface area (Å²) in [6, 6.07) is 8.14. The third-order valence-corrected chi connectivity index (χ3v) is 10.1. The highest BCUT2D eigenvalue weighted by Crippen LogP contribution is 2.52. The van der Waals surface area contributed by atoms with Crippen molar-refractivity contribution in [1.29, 1.82) is 0 Å². The van der Waals surface area contributed by atoms with Crippen LogP contribution in [0.25, 0.3) is 10.8 Å². The summed E-state index contributed by atoms with van der Waals surface area (Å²) in [4.78, 5) is 17.7. The molecule has 0 bridgehead atoms. The van der Waals surface area contributed by atoms with Crippen molar-refractivity contribution in [3.05, 3.63) is 42.2 Å². The quantitative estimate of drug-likeness (QED) is 0.470. The molecule has 0 unspecified atom stereocenters. The summed E-state index contributed by atoms with van der Waals surface area (Å²) in [7, 11) is -2.96. The molecule has 2 aliphatic heterocycles. The van der Waals surface area contributed by atoms with Crippen molar-refractivity contribution in [2.75, 3.05) is 47.6 Å². The Balaban J connectivity index is 1.23. The van der Waals surface area contributed by atoms with Crippen molar-refractivity contribution in [1.82, 2.24) is 15.0 Å². The molecule has 0 amide bonds. The number of aliphatic hydroxyl groups excluding tert-OH is 1. The average molecular weight is 555 g/mol. The van der Waals surface area contributed by atoms with Crippen LogP contribution in [0.15, 0.2) is 36.7 Å². The first-order valence-corrected chi connectivity index (χ1v) is 15.5. The molecule has 2 saturated heterocycles. The molecule has 6 rings (SSSR count). The van der Waals surface area contributed by atoms with Gasteiger partial charge < -0.3 is 20.2 Å². The number of hydrogen-bond donors (Lipinski definition) is 2. The fourth-order valence-corrected chi connectivity index (χ4v) is 7.58. The molecule has 3 aliphatic rings. The van der Waals surface area contributed by atoms with Gasteiger partial charge in [-0.15, -0.1) is 0 Å². The van der Waals surface area contributed by atoms with E-state index < -0.39 is 22.1 Å². The molecule has 11 heteroatoms. The van der Waals surface area contributed by atoms with E-state index in [9.17, 15) is 17.9 Å². The minimum Gasteiger partial charge on any atom is -0.390 e. The largest absolute Gasteiger partial charge is 0.390 e. The first kappa shape index (κ1) is 26.2. The van der Waals surface area contributed by atoms with Crippen LogP contribution in [0.1, 0.15) is 44.6 Å². The number of anilines is 4. The second-order valence-corrected chi connectivity index (χ2v) is 14.2. The van der Waals surface area contributed by atoms with E-state index in [1.165, 1.54) is 11.8 Å². The standard InChI is InChI=1S/C28H35FN6O3S/c1-17(2)19-4-5-23(35-15-28(16-35)11-18(12-28)39(3,37)38)21-13-31-26(10-20(19)21)32-25-6-8-30-27(33-25)34-9-7-24(36)22(29)14-34/h4-6,8,10,13,17-18,22,24,36H,7,9,11-12,14-16H2,1-3H3,(H,30,31,32,33)/t22-,24-/m1/s1. The molecule has 2 atom stereocenters. The van der Waals surface area contributed by atoms with Crippen LogP contribution in [0.3, 0.4) is 0 Å². The van der Waals surface area contributed by atoms with Gasteiger partial charge in [-0.25, -0.2) is 22.8 Å². The Morgan fingerprint density at radius 2 is 1.87 bits per heavy atom. The molecule has 1 aromatic carbocycles. The summed E-state index contributed by atoms with van der Waals surface area (Å²) in [5, 5.41) is 15.0. The van der Waals surface area contributed by atoms with E-state index in [2.05, 4.69) is 46.2 Å². The number of pyridine rings is 1. The number of hydrogen-bond acceptors (Lipinski definition) is 9. The molecule has 9 nitrogen and oxygen atoms in total. The minimum atomic E-state index is -2.96. The van der Waals surface area contributed by atoms with E-state index in [0.29, 0.717) is 36.5 Å². The van der Waals surface area contributed by atoms with Crippen LogP contribution in [0.4, 0.5) is 27.7 Å². The molecule has 208 valence electrons. The van der Waals surface area contributed by atoms with Gasteiger partial charge in [0, 0.05) is 54.8 Å². The van der Waals surface area contributed by atoms with Gasteiger partial charge in [0.05, 0.1) is 17.9 Å². The van der Waals surface area contributed by atoms with Gasteiger partial charge >= 0.3 is 0 Å². The number of aliphatic hydroxyl groups is 1. The zero-order chi connectivity index (χ0) is 27.5. The van der Waals surface area contributed by atoms with Crippen molar-refractivity contribution in [2.24, 2.45) is 5.41 Å². The minimum absolute atomic E-state index is 0.0616. The van der Waals surface area contributed by atoms with E-state index in [1.54, 1.807) is 17.2 Å². The zero-order valence-corrected chi connectivity index (χ0v) is 23.3. The predicted molar refractivity (Wildman–Crippen MR) is 151 cm³/mol. The lowest BCUT2D eigenvalue weighted by atomic mass is 9.63. The van der Waals surface area contributed by atoms with Gasteiger partial charge in [0.1, 0.15) is 27.6 Å². The van der Waals surface area contributed by atoms with Crippen LogP contribution < -0.4 is 15.1 Å². The summed E-state index contributed by atoms with van der Waals surface area (Å²) in [5.74, 6) is 1.95. The van der Waals surface area contributed by atoms with Crippen LogP contribution in [0, 0.1) is 5.41 Å². The lowest BCUT2D eigenvalue weighted by Gasteiger charge is -2.59. The molecular weight excluding hydrogens is 519 g/mol. The van der Waals surface area contributed by atoms with Crippen molar-refractivity contribution >= 4 is 43.9 Å². The highest BCUT2D eigenvalue weighted by molar-refractivity contribution is 7.91. The molecule has 3 aromatic rings. The first-order valence-electron chi connectivity index (χ1n) is 13.5. The second-order valence-electron chi connectivity index (χ2n) is 11.8. The Hall–Kier alpha value is -3.05. The molecule has 1 aliphatic carbocycles. The van der Waals surface area contributed by atoms with Gasteiger partial charge in [-0.3, -0.25) is 0 Å². The lowest BCUT2D eigenvalue weighted by molar-refractivity contribution is 0.0612. The fourth-order valence-electron chi connectivity index (χ4n) is 6.27. The second kappa shape index (κ2) is 9.55. The van der Waals surface area contributed by atoms with Crippen molar-refractivity contribution in [2.45, 2.75) is 56.6 Å². The SMILES string of the molecule is CC(C)c1ccc(N2CC3(CC(S(C)(=O)=O)C3)C2)c2cnc(Nc3ccnc(N4CC[C@@H](O)[C@H](F)C4)n3)cc12. The number of nitrogens with zero attached hydrogens (tertiary/aromatic N) is 5. The molecule has 1 spiro atoms. The third-order valence-electron chi connectivity index (χ3n) is 8.54. The number of alkyl halides is 1. The van der Waals surface area contributed by atoms with Gasteiger partial charge in [0.25, 0.3) is 0 Å². The Labute approximate surface area is 228 Å². The van der Waals surface area contributed by atoms with E-state index in [4.69, 9.17) is 4.98 Å². The van der Waals surface area contributed by atoms with E-state index in [-0.39, 0.29) is 17.2 Å². The molecule has 2 aromatic heterocycles. The molecule has 0 radical (unpaired) electrons. The number of aromatic nitrogens is 3. The highest BCUT2D eigenvalue weighted by atomic mass is 32.2. The fraction of sp³-hybridized carbons (Fsp3) is 0.536. The Morgan fingerprint density at radius 1 is 1.10 bits per heavy atom. The molecule has 2 N–H and O–H groups in total. The normalized spacial score (nSPS) is 23.2. The van der Waals surface area contributed by atoms with Crippen LogP contribution in [-0.2, 0) is 9.84 Å². The zero-order valence-electron chi connectivity index (χ0n) is 22.5. The number of benzene rings is 1. The van der Waals surface area contributed by atoms with Gasteiger partial charge in [0.2, 0.25) is 5.95 Å². The maximum atomic E-state index is 14.1. The maximum Gasteiger partial charge on any atom is 0.227 e. The maximum absolute atomic E-state index is 14.1. The number of rotatable bonds is 6. The molecule has 4 heterocycles. The lowest BCUT2D eigenvalue weighted by Crippen LogP contribution is -2.65. The first-order chi connectivity index (χ1) is 18.5. The predicted octanol–water partition coefficient (Wildman–Crippen LogP) is 3.81. The summed E-state index contributed by atoms with van der Waals surface area (Å²) in [6.07, 6.45) is 4.45. The van der Waals surface area contributed by atoms with Gasteiger partial charge in [-0.2, -0.15) is 4.98 Å².